The second-order valence-electron chi connectivity index (χ2n) is 7.72. The Bertz CT molecular complexity index is 1280. The minimum absolute atomic E-state index is 0.151. The normalized spacial score (nSPS) is 10.3. The van der Waals surface area contributed by atoms with Crippen molar-refractivity contribution in [3.63, 3.8) is 0 Å². The standard InChI is InChI=1S/C29H22O7/c1-19(30)33-25-5-3-7-27(17-25)35-23-13-9-21(10-14-23)29(32)22-11-15-24(16-12-22)36-28-8-4-6-26(18-28)34-20(2)31/h3-18H,1-2H3. The maximum atomic E-state index is 12.9. The molecule has 7 nitrogen and oxygen atoms in total. The Balaban J connectivity index is 1.39. The summed E-state index contributed by atoms with van der Waals surface area (Å²) in [5.41, 5.74) is 0.998. The number of ketones is 1. The van der Waals surface area contributed by atoms with Gasteiger partial charge in [0.25, 0.3) is 0 Å². The molecule has 36 heavy (non-hydrogen) atoms. The molecule has 4 rings (SSSR count). The molecule has 0 amide bonds. The van der Waals surface area contributed by atoms with Gasteiger partial charge in [-0.3, -0.25) is 14.4 Å². The highest BCUT2D eigenvalue weighted by Gasteiger charge is 2.11. The molecule has 0 saturated heterocycles. The summed E-state index contributed by atoms with van der Waals surface area (Å²) < 4.78 is 21.7. The summed E-state index contributed by atoms with van der Waals surface area (Å²) in [7, 11) is 0. The van der Waals surface area contributed by atoms with Gasteiger partial charge in [-0.05, 0) is 72.8 Å². The maximum Gasteiger partial charge on any atom is 0.308 e. The first-order chi connectivity index (χ1) is 17.4. The van der Waals surface area contributed by atoms with E-state index in [2.05, 4.69) is 0 Å². The van der Waals surface area contributed by atoms with E-state index in [4.69, 9.17) is 18.9 Å². The summed E-state index contributed by atoms with van der Waals surface area (Å²) in [6.07, 6.45) is 0. The van der Waals surface area contributed by atoms with Crippen molar-refractivity contribution in [1.82, 2.24) is 0 Å². The highest BCUT2D eigenvalue weighted by molar-refractivity contribution is 6.09. The lowest BCUT2D eigenvalue weighted by Crippen LogP contribution is -2.02. The van der Waals surface area contributed by atoms with Gasteiger partial charge in [-0.15, -0.1) is 0 Å². The summed E-state index contributed by atoms with van der Waals surface area (Å²) in [4.78, 5) is 35.2. The molecule has 0 fully saturated rings. The molecule has 7 heteroatoms. The smallest absolute Gasteiger partial charge is 0.308 e. The van der Waals surface area contributed by atoms with Crippen molar-refractivity contribution in [2.75, 3.05) is 0 Å². The van der Waals surface area contributed by atoms with Crippen molar-refractivity contribution in [3.05, 3.63) is 108 Å². The van der Waals surface area contributed by atoms with Crippen molar-refractivity contribution < 1.29 is 33.3 Å². The van der Waals surface area contributed by atoms with Crippen LogP contribution in [0.2, 0.25) is 0 Å². The largest absolute Gasteiger partial charge is 0.457 e. The quantitative estimate of drug-likeness (QED) is 0.164. The number of carbonyl (C=O) groups excluding carboxylic acids is 3. The van der Waals surface area contributed by atoms with Crippen LogP contribution in [0.5, 0.6) is 34.5 Å². The fraction of sp³-hybridized carbons (Fsp3) is 0.0690. The van der Waals surface area contributed by atoms with E-state index in [1.165, 1.54) is 13.8 Å². The van der Waals surface area contributed by atoms with Crippen molar-refractivity contribution in [1.29, 1.82) is 0 Å². The van der Waals surface area contributed by atoms with Crippen LogP contribution in [0, 0.1) is 0 Å². The second-order valence-corrected chi connectivity index (χ2v) is 7.72. The van der Waals surface area contributed by atoms with Crippen molar-refractivity contribution in [2.24, 2.45) is 0 Å². The SMILES string of the molecule is CC(=O)Oc1cccc(Oc2ccc(C(=O)c3ccc(Oc4cccc(OC(C)=O)c4)cc3)cc2)c1. The molecule has 0 saturated carbocycles. The van der Waals surface area contributed by atoms with Gasteiger partial charge in [0.15, 0.2) is 5.78 Å². The molecule has 0 heterocycles. The fourth-order valence-electron chi connectivity index (χ4n) is 3.32. The highest BCUT2D eigenvalue weighted by atomic mass is 16.5. The van der Waals surface area contributed by atoms with Crippen LogP contribution in [-0.2, 0) is 9.59 Å². The van der Waals surface area contributed by atoms with Gasteiger partial charge in [0.05, 0.1) is 0 Å². The Hall–Kier alpha value is -4.91. The number of benzene rings is 4. The predicted octanol–water partition coefficient (Wildman–Crippen LogP) is 6.35. The van der Waals surface area contributed by atoms with Gasteiger partial charge >= 0.3 is 11.9 Å². The van der Waals surface area contributed by atoms with Crippen molar-refractivity contribution in [3.8, 4) is 34.5 Å². The Morgan fingerprint density at radius 2 is 0.833 bits per heavy atom. The number of rotatable bonds is 8. The van der Waals surface area contributed by atoms with Crippen LogP contribution in [0.1, 0.15) is 29.8 Å². The summed E-state index contributed by atoms with van der Waals surface area (Å²) in [5, 5.41) is 0. The first-order valence-electron chi connectivity index (χ1n) is 11.0. The average molecular weight is 482 g/mol. The van der Waals surface area contributed by atoms with E-state index >= 15 is 0 Å². The monoisotopic (exact) mass is 482 g/mol. The predicted molar refractivity (Wildman–Crippen MR) is 132 cm³/mol. The molecular formula is C29H22O7. The molecule has 0 bridgehead atoms. The van der Waals surface area contributed by atoms with E-state index in [0.717, 1.165) is 0 Å². The topological polar surface area (TPSA) is 88.1 Å². The minimum atomic E-state index is -0.414. The van der Waals surface area contributed by atoms with Crippen LogP contribution in [0.25, 0.3) is 0 Å². The average Bonchev–Trinajstić information content (AvgIpc) is 2.84. The van der Waals surface area contributed by atoms with E-state index in [1.807, 2.05) is 0 Å². The van der Waals surface area contributed by atoms with Gasteiger partial charge in [0, 0.05) is 37.1 Å². The molecule has 0 N–H and O–H groups in total. The van der Waals surface area contributed by atoms with Crippen LogP contribution >= 0.6 is 0 Å². The third-order valence-corrected chi connectivity index (χ3v) is 4.84. The lowest BCUT2D eigenvalue weighted by molar-refractivity contribution is -0.132. The van der Waals surface area contributed by atoms with Gasteiger partial charge in [0.1, 0.15) is 34.5 Å². The van der Waals surface area contributed by atoms with E-state index in [-0.39, 0.29) is 5.78 Å². The number of esters is 2. The Kier molecular flexibility index (Phi) is 7.41. The third kappa shape index (κ3) is 6.57. The Morgan fingerprint density at radius 3 is 1.19 bits per heavy atom. The highest BCUT2D eigenvalue weighted by Crippen LogP contribution is 2.28. The number of hydrogen-bond acceptors (Lipinski definition) is 7. The molecule has 0 aromatic heterocycles. The summed E-state index contributed by atoms with van der Waals surface area (Å²) in [6, 6.07) is 26.9. The number of ether oxygens (including phenoxy) is 4. The molecule has 0 radical (unpaired) electrons. The Morgan fingerprint density at radius 1 is 0.472 bits per heavy atom. The van der Waals surface area contributed by atoms with Crippen LogP contribution in [0.15, 0.2) is 97.1 Å². The summed E-state index contributed by atoms with van der Waals surface area (Å²) >= 11 is 0. The second kappa shape index (κ2) is 11.0. The first-order valence-corrected chi connectivity index (χ1v) is 11.0. The fourth-order valence-corrected chi connectivity index (χ4v) is 3.32. The van der Waals surface area contributed by atoms with Crippen molar-refractivity contribution in [2.45, 2.75) is 13.8 Å². The molecule has 0 spiro atoms. The van der Waals surface area contributed by atoms with Crippen LogP contribution in [-0.4, -0.2) is 17.7 Å². The molecule has 4 aromatic rings. The first kappa shape index (κ1) is 24.2. The van der Waals surface area contributed by atoms with Gasteiger partial charge in [-0.1, -0.05) is 12.1 Å². The van der Waals surface area contributed by atoms with Crippen LogP contribution in [0.3, 0.4) is 0 Å². The minimum Gasteiger partial charge on any atom is -0.457 e. The van der Waals surface area contributed by atoms with Crippen LogP contribution < -0.4 is 18.9 Å². The van der Waals surface area contributed by atoms with Gasteiger partial charge < -0.3 is 18.9 Å². The maximum absolute atomic E-state index is 12.9. The van der Waals surface area contributed by atoms with E-state index in [1.54, 1.807) is 97.1 Å². The number of hydrogen-bond donors (Lipinski definition) is 0. The van der Waals surface area contributed by atoms with E-state index in [0.29, 0.717) is 45.6 Å². The Labute approximate surface area is 207 Å². The molecule has 180 valence electrons. The molecule has 0 atom stereocenters. The summed E-state index contributed by atoms with van der Waals surface area (Å²) in [5.74, 6) is 1.86. The molecule has 0 aliphatic carbocycles. The van der Waals surface area contributed by atoms with Crippen molar-refractivity contribution >= 4 is 17.7 Å². The zero-order valence-corrected chi connectivity index (χ0v) is 19.6. The van der Waals surface area contributed by atoms with Gasteiger partial charge in [-0.25, -0.2) is 0 Å². The van der Waals surface area contributed by atoms with Gasteiger partial charge in [-0.2, -0.15) is 0 Å². The zero-order chi connectivity index (χ0) is 25.5. The van der Waals surface area contributed by atoms with E-state index < -0.39 is 11.9 Å². The lowest BCUT2D eigenvalue weighted by atomic mass is 10.0. The molecule has 0 unspecified atom stereocenters. The molecular weight excluding hydrogens is 460 g/mol. The summed E-state index contributed by atoms with van der Waals surface area (Å²) in [6.45, 7) is 2.66. The van der Waals surface area contributed by atoms with Crippen LogP contribution in [0.4, 0.5) is 0 Å². The third-order valence-electron chi connectivity index (χ3n) is 4.84. The molecule has 0 aliphatic heterocycles. The van der Waals surface area contributed by atoms with Gasteiger partial charge in [0.2, 0.25) is 0 Å². The van der Waals surface area contributed by atoms with E-state index in [9.17, 15) is 14.4 Å². The lowest BCUT2D eigenvalue weighted by Gasteiger charge is -2.09. The molecule has 4 aromatic carbocycles. The molecule has 0 aliphatic rings. The number of carbonyl (C=O) groups is 3. The zero-order valence-electron chi connectivity index (χ0n) is 19.6.